The highest BCUT2D eigenvalue weighted by molar-refractivity contribution is 7.14. The van der Waals surface area contributed by atoms with E-state index < -0.39 is 0 Å². The maximum absolute atomic E-state index is 5.88. The van der Waals surface area contributed by atoms with Crippen LogP contribution >= 0.6 is 22.9 Å². The van der Waals surface area contributed by atoms with Crippen LogP contribution in [0.2, 0.25) is 5.02 Å². The molecule has 2 aromatic heterocycles. The zero-order valence-corrected chi connectivity index (χ0v) is 13.1. The number of anilines is 1. The molecule has 106 valence electrons. The van der Waals surface area contributed by atoms with Crippen molar-refractivity contribution in [2.45, 2.75) is 13.5 Å². The molecule has 0 spiro atoms. The molecule has 1 N–H and O–H groups in total. The number of aryl methyl sites for hydroxylation is 1. The number of pyridine rings is 1. The van der Waals surface area contributed by atoms with E-state index in [2.05, 4.69) is 22.2 Å². The van der Waals surface area contributed by atoms with Crippen molar-refractivity contribution in [2.24, 2.45) is 0 Å². The SMILES string of the molecule is Cc1ccncc1-c1csc(NCc2ccc(Cl)cc2)n1. The normalized spacial score (nSPS) is 10.6. The Labute approximate surface area is 132 Å². The van der Waals surface area contributed by atoms with Crippen molar-refractivity contribution >= 4 is 28.1 Å². The molecule has 3 rings (SSSR count). The van der Waals surface area contributed by atoms with Gasteiger partial charge in [-0.15, -0.1) is 11.3 Å². The average Bonchev–Trinajstić information content (AvgIpc) is 2.96. The van der Waals surface area contributed by atoms with Gasteiger partial charge < -0.3 is 5.32 Å². The smallest absolute Gasteiger partial charge is 0.183 e. The molecular formula is C16H14ClN3S. The van der Waals surface area contributed by atoms with E-state index in [1.807, 2.05) is 41.9 Å². The van der Waals surface area contributed by atoms with E-state index in [1.54, 1.807) is 17.5 Å². The molecule has 0 saturated carbocycles. The minimum absolute atomic E-state index is 0.732. The number of aromatic nitrogens is 2. The van der Waals surface area contributed by atoms with E-state index in [4.69, 9.17) is 11.6 Å². The summed E-state index contributed by atoms with van der Waals surface area (Å²) in [6.45, 7) is 2.80. The summed E-state index contributed by atoms with van der Waals surface area (Å²) in [6.07, 6.45) is 3.65. The molecule has 0 fully saturated rings. The number of hydrogen-bond acceptors (Lipinski definition) is 4. The number of halogens is 1. The number of thiazole rings is 1. The number of rotatable bonds is 4. The molecule has 0 aliphatic heterocycles. The van der Waals surface area contributed by atoms with Gasteiger partial charge in [-0.2, -0.15) is 0 Å². The van der Waals surface area contributed by atoms with Crippen molar-refractivity contribution in [3.63, 3.8) is 0 Å². The second kappa shape index (κ2) is 6.24. The molecule has 1 aromatic carbocycles. The van der Waals surface area contributed by atoms with Gasteiger partial charge in [-0.05, 0) is 36.2 Å². The second-order valence-corrected chi connectivity index (χ2v) is 6.00. The summed E-state index contributed by atoms with van der Waals surface area (Å²) < 4.78 is 0. The van der Waals surface area contributed by atoms with Crippen molar-refractivity contribution in [1.29, 1.82) is 0 Å². The molecule has 0 amide bonds. The Kier molecular flexibility index (Phi) is 4.18. The third-order valence-electron chi connectivity index (χ3n) is 3.18. The Bertz CT molecular complexity index is 737. The molecule has 0 atom stereocenters. The lowest BCUT2D eigenvalue weighted by Gasteiger charge is -2.03. The minimum atomic E-state index is 0.732. The number of benzene rings is 1. The quantitative estimate of drug-likeness (QED) is 0.753. The molecule has 2 heterocycles. The van der Waals surface area contributed by atoms with Crippen LogP contribution in [0, 0.1) is 6.92 Å². The Balaban J connectivity index is 1.71. The summed E-state index contributed by atoms with van der Waals surface area (Å²) in [5.74, 6) is 0. The average molecular weight is 316 g/mol. The molecule has 3 nitrogen and oxygen atoms in total. The molecule has 0 aliphatic carbocycles. The largest absolute Gasteiger partial charge is 0.357 e. The molecule has 0 saturated heterocycles. The minimum Gasteiger partial charge on any atom is -0.357 e. The van der Waals surface area contributed by atoms with Crippen molar-refractivity contribution < 1.29 is 0 Å². The fourth-order valence-corrected chi connectivity index (χ4v) is 2.83. The van der Waals surface area contributed by atoms with Crippen LogP contribution in [0.15, 0.2) is 48.1 Å². The molecule has 5 heteroatoms. The maximum atomic E-state index is 5.88. The van der Waals surface area contributed by atoms with E-state index >= 15 is 0 Å². The van der Waals surface area contributed by atoms with Gasteiger partial charge in [0, 0.05) is 34.9 Å². The van der Waals surface area contributed by atoms with Crippen LogP contribution in [-0.2, 0) is 6.54 Å². The first kappa shape index (κ1) is 14.0. The van der Waals surface area contributed by atoms with Crippen molar-refractivity contribution in [1.82, 2.24) is 9.97 Å². The second-order valence-electron chi connectivity index (χ2n) is 4.71. The lowest BCUT2D eigenvalue weighted by molar-refractivity contribution is 1.13. The van der Waals surface area contributed by atoms with Gasteiger partial charge >= 0.3 is 0 Å². The molecule has 3 aromatic rings. The molecule has 0 aliphatic rings. The van der Waals surface area contributed by atoms with Gasteiger partial charge in [0.15, 0.2) is 5.13 Å². The van der Waals surface area contributed by atoms with Crippen LogP contribution in [0.4, 0.5) is 5.13 Å². The number of nitrogens with zero attached hydrogens (tertiary/aromatic N) is 2. The van der Waals surface area contributed by atoms with Gasteiger partial charge in [0.1, 0.15) is 0 Å². The Hall–Kier alpha value is -1.91. The van der Waals surface area contributed by atoms with E-state index in [-0.39, 0.29) is 0 Å². The molecular weight excluding hydrogens is 302 g/mol. The third kappa shape index (κ3) is 3.40. The van der Waals surface area contributed by atoms with Gasteiger partial charge in [0.25, 0.3) is 0 Å². The zero-order valence-electron chi connectivity index (χ0n) is 11.5. The van der Waals surface area contributed by atoms with Crippen LogP contribution in [0.3, 0.4) is 0 Å². The highest BCUT2D eigenvalue weighted by atomic mass is 35.5. The Morgan fingerprint density at radius 2 is 2.00 bits per heavy atom. The van der Waals surface area contributed by atoms with Crippen LogP contribution in [0.5, 0.6) is 0 Å². The predicted octanol–water partition coefficient (Wildman–Crippen LogP) is 4.78. The van der Waals surface area contributed by atoms with Crippen molar-refractivity contribution in [2.75, 3.05) is 5.32 Å². The molecule has 0 bridgehead atoms. The van der Waals surface area contributed by atoms with Crippen LogP contribution in [-0.4, -0.2) is 9.97 Å². The zero-order chi connectivity index (χ0) is 14.7. The molecule has 0 radical (unpaired) electrons. The van der Waals surface area contributed by atoms with Gasteiger partial charge in [-0.25, -0.2) is 4.98 Å². The van der Waals surface area contributed by atoms with Crippen LogP contribution < -0.4 is 5.32 Å². The van der Waals surface area contributed by atoms with Crippen LogP contribution in [0.1, 0.15) is 11.1 Å². The maximum Gasteiger partial charge on any atom is 0.183 e. The first-order valence-electron chi connectivity index (χ1n) is 6.57. The van der Waals surface area contributed by atoms with Crippen molar-refractivity contribution in [3.8, 4) is 11.3 Å². The summed E-state index contributed by atoms with van der Waals surface area (Å²) in [4.78, 5) is 8.78. The van der Waals surface area contributed by atoms with E-state index in [9.17, 15) is 0 Å². The fraction of sp³-hybridized carbons (Fsp3) is 0.125. The molecule has 21 heavy (non-hydrogen) atoms. The standard InChI is InChI=1S/C16H14ClN3S/c1-11-6-7-18-9-14(11)15-10-21-16(20-15)19-8-12-2-4-13(17)5-3-12/h2-7,9-10H,8H2,1H3,(H,19,20). The fourth-order valence-electron chi connectivity index (χ4n) is 1.99. The summed E-state index contributed by atoms with van der Waals surface area (Å²) in [7, 11) is 0. The van der Waals surface area contributed by atoms with Gasteiger partial charge in [-0.3, -0.25) is 4.98 Å². The topological polar surface area (TPSA) is 37.8 Å². The lowest BCUT2D eigenvalue weighted by atomic mass is 10.1. The number of nitrogens with one attached hydrogen (secondary N) is 1. The summed E-state index contributed by atoms with van der Waals surface area (Å²) in [5, 5.41) is 7.04. The van der Waals surface area contributed by atoms with E-state index in [0.29, 0.717) is 0 Å². The van der Waals surface area contributed by atoms with Crippen molar-refractivity contribution in [3.05, 3.63) is 64.3 Å². The first-order chi connectivity index (χ1) is 10.2. The van der Waals surface area contributed by atoms with E-state index in [1.165, 1.54) is 11.1 Å². The Morgan fingerprint density at radius 3 is 2.76 bits per heavy atom. The summed E-state index contributed by atoms with van der Waals surface area (Å²) in [6, 6.07) is 9.80. The highest BCUT2D eigenvalue weighted by Gasteiger charge is 2.07. The Morgan fingerprint density at radius 1 is 1.19 bits per heavy atom. The summed E-state index contributed by atoms with van der Waals surface area (Å²) in [5.41, 5.74) is 4.39. The molecule has 0 unspecified atom stereocenters. The number of hydrogen-bond donors (Lipinski definition) is 1. The van der Waals surface area contributed by atoms with Crippen LogP contribution in [0.25, 0.3) is 11.3 Å². The van der Waals surface area contributed by atoms with Gasteiger partial charge in [-0.1, -0.05) is 23.7 Å². The van der Waals surface area contributed by atoms with E-state index in [0.717, 1.165) is 28.0 Å². The van der Waals surface area contributed by atoms with Gasteiger partial charge in [0.05, 0.1) is 5.69 Å². The summed E-state index contributed by atoms with van der Waals surface area (Å²) >= 11 is 7.48. The van der Waals surface area contributed by atoms with Gasteiger partial charge in [0.2, 0.25) is 0 Å². The predicted molar refractivity (Wildman–Crippen MR) is 88.9 cm³/mol. The lowest BCUT2D eigenvalue weighted by Crippen LogP contribution is -1.98. The monoisotopic (exact) mass is 315 g/mol. The first-order valence-corrected chi connectivity index (χ1v) is 7.83. The third-order valence-corrected chi connectivity index (χ3v) is 4.23. The highest BCUT2D eigenvalue weighted by Crippen LogP contribution is 2.26.